The maximum Gasteiger partial charge on any atom is 0.240 e. The Kier molecular flexibility index (Phi) is 4.93. The van der Waals surface area contributed by atoms with Crippen LogP contribution in [0.4, 0.5) is 0 Å². The van der Waals surface area contributed by atoms with Gasteiger partial charge in [-0.05, 0) is 26.2 Å². The Morgan fingerprint density at radius 2 is 2.24 bits per heavy atom. The van der Waals surface area contributed by atoms with E-state index in [4.69, 9.17) is 0 Å². The lowest BCUT2D eigenvalue weighted by Crippen LogP contribution is -2.52. The van der Waals surface area contributed by atoms with Gasteiger partial charge in [-0.3, -0.25) is 9.59 Å². The molecule has 1 atom stereocenters. The van der Waals surface area contributed by atoms with E-state index in [0.29, 0.717) is 19.4 Å². The third-order valence-electron chi connectivity index (χ3n) is 3.33. The fourth-order valence-electron chi connectivity index (χ4n) is 1.82. The number of piperidine rings is 1. The van der Waals surface area contributed by atoms with Gasteiger partial charge in [-0.2, -0.15) is 0 Å². The van der Waals surface area contributed by atoms with Crippen molar-refractivity contribution in [2.45, 2.75) is 45.1 Å². The first-order chi connectivity index (χ1) is 8.00. The fourth-order valence-corrected chi connectivity index (χ4v) is 1.82. The molecule has 1 saturated heterocycles. The molecular formula is C12H22N2O3. The predicted molar refractivity (Wildman–Crippen MR) is 64.4 cm³/mol. The molecule has 1 unspecified atom stereocenters. The summed E-state index contributed by atoms with van der Waals surface area (Å²) >= 11 is 0. The normalized spacial score (nSPS) is 19.9. The van der Waals surface area contributed by atoms with Crippen LogP contribution in [0.25, 0.3) is 0 Å². The zero-order valence-corrected chi connectivity index (χ0v) is 10.7. The molecular weight excluding hydrogens is 220 g/mol. The number of hydrogen-bond donors (Lipinski definition) is 2. The lowest BCUT2D eigenvalue weighted by Gasteiger charge is -2.30. The lowest BCUT2D eigenvalue weighted by molar-refractivity contribution is -0.138. The summed E-state index contributed by atoms with van der Waals surface area (Å²) in [6, 6.07) is 0. The van der Waals surface area contributed by atoms with Crippen molar-refractivity contribution in [2.75, 3.05) is 19.7 Å². The summed E-state index contributed by atoms with van der Waals surface area (Å²) in [4.78, 5) is 24.9. The molecule has 2 N–H and O–H groups in total. The molecule has 2 amide bonds. The van der Waals surface area contributed by atoms with Crippen molar-refractivity contribution in [3.8, 4) is 0 Å². The molecule has 1 aliphatic heterocycles. The minimum atomic E-state index is -0.587. The average Bonchev–Trinajstić information content (AvgIpc) is 2.32. The highest BCUT2D eigenvalue weighted by atomic mass is 16.3. The van der Waals surface area contributed by atoms with E-state index in [-0.39, 0.29) is 25.0 Å². The molecule has 1 fully saturated rings. The quantitative estimate of drug-likeness (QED) is 0.727. The molecule has 1 rings (SSSR count). The second kappa shape index (κ2) is 6.00. The van der Waals surface area contributed by atoms with Crippen LogP contribution in [0.3, 0.4) is 0 Å². The summed E-state index contributed by atoms with van der Waals surface area (Å²) in [5, 5.41) is 12.0. The number of nitrogens with one attached hydrogen (secondary N) is 1. The van der Waals surface area contributed by atoms with Gasteiger partial charge in [0.15, 0.2) is 0 Å². The van der Waals surface area contributed by atoms with Crippen molar-refractivity contribution >= 4 is 11.8 Å². The second-order valence-corrected chi connectivity index (χ2v) is 4.89. The number of likely N-dealkylation sites (tertiary alicyclic amines) is 1. The third-order valence-corrected chi connectivity index (χ3v) is 3.33. The van der Waals surface area contributed by atoms with Crippen LogP contribution in [0.5, 0.6) is 0 Å². The molecule has 0 aliphatic carbocycles. The Hall–Kier alpha value is -1.10. The predicted octanol–water partition coefficient (Wildman–Crippen LogP) is 0.276. The third kappa shape index (κ3) is 4.00. The summed E-state index contributed by atoms with van der Waals surface area (Å²) in [5.74, 6) is -0.146. The van der Waals surface area contributed by atoms with E-state index in [1.807, 2.05) is 6.92 Å². The van der Waals surface area contributed by atoms with Gasteiger partial charge in [0.05, 0.1) is 18.7 Å². The number of aliphatic hydroxyl groups excluding tert-OH is 1. The van der Waals surface area contributed by atoms with Crippen LogP contribution < -0.4 is 5.32 Å². The van der Waals surface area contributed by atoms with Gasteiger partial charge in [-0.15, -0.1) is 0 Å². The molecule has 0 aromatic carbocycles. The fraction of sp³-hybridized carbons (Fsp3) is 0.833. The summed E-state index contributed by atoms with van der Waals surface area (Å²) < 4.78 is 0. The van der Waals surface area contributed by atoms with Crippen LogP contribution in [0.2, 0.25) is 0 Å². The van der Waals surface area contributed by atoms with Crippen LogP contribution >= 0.6 is 0 Å². The Bertz CT molecular complexity index is 287. The zero-order valence-electron chi connectivity index (χ0n) is 10.7. The van der Waals surface area contributed by atoms with Gasteiger partial charge in [0.2, 0.25) is 11.8 Å². The molecule has 0 aromatic rings. The minimum Gasteiger partial charge on any atom is -0.394 e. The number of carbonyl (C=O) groups is 2. The average molecular weight is 242 g/mol. The maximum atomic E-state index is 11.8. The topological polar surface area (TPSA) is 69.6 Å². The van der Waals surface area contributed by atoms with Crippen LogP contribution in [0.15, 0.2) is 0 Å². The molecule has 0 bridgehead atoms. The van der Waals surface area contributed by atoms with Crippen LogP contribution in [0.1, 0.15) is 39.5 Å². The number of aliphatic hydroxyl groups is 1. The standard InChI is InChI=1S/C12H22N2O3/c1-3-12(2,9-15)13-10(16)8-14-7-5-4-6-11(14)17/h15H,3-9H2,1-2H3,(H,13,16). The minimum absolute atomic E-state index is 0.0496. The highest BCUT2D eigenvalue weighted by Gasteiger charge is 2.26. The highest BCUT2D eigenvalue weighted by molar-refractivity contribution is 5.85. The van der Waals surface area contributed by atoms with Gasteiger partial charge in [0.25, 0.3) is 0 Å². The highest BCUT2D eigenvalue weighted by Crippen LogP contribution is 2.11. The van der Waals surface area contributed by atoms with Crippen LogP contribution in [0, 0.1) is 0 Å². The largest absolute Gasteiger partial charge is 0.394 e. The summed E-state index contributed by atoms with van der Waals surface area (Å²) in [6.07, 6.45) is 3.08. The first-order valence-corrected chi connectivity index (χ1v) is 6.20. The van der Waals surface area contributed by atoms with E-state index in [0.717, 1.165) is 12.8 Å². The van der Waals surface area contributed by atoms with Gasteiger partial charge >= 0.3 is 0 Å². The van der Waals surface area contributed by atoms with Gasteiger partial charge in [-0.25, -0.2) is 0 Å². The van der Waals surface area contributed by atoms with E-state index in [9.17, 15) is 14.7 Å². The van der Waals surface area contributed by atoms with Gasteiger partial charge in [0.1, 0.15) is 0 Å². The molecule has 5 nitrogen and oxygen atoms in total. The SMILES string of the molecule is CCC(C)(CO)NC(=O)CN1CCCCC1=O. The van der Waals surface area contributed by atoms with Gasteiger partial charge in [0, 0.05) is 13.0 Å². The summed E-state index contributed by atoms with van der Waals surface area (Å²) in [7, 11) is 0. The van der Waals surface area contributed by atoms with Crippen molar-refractivity contribution in [2.24, 2.45) is 0 Å². The molecule has 0 saturated carbocycles. The molecule has 0 aromatic heterocycles. The Morgan fingerprint density at radius 3 is 2.76 bits per heavy atom. The number of nitrogens with zero attached hydrogens (tertiary/aromatic N) is 1. The second-order valence-electron chi connectivity index (χ2n) is 4.89. The Morgan fingerprint density at radius 1 is 1.53 bits per heavy atom. The van der Waals surface area contributed by atoms with E-state index < -0.39 is 5.54 Å². The molecule has 1 heterocycles. The molecule has 1 aliphatic rings. The van der Waals surface area contributed by atoms with Crippen molar-refractivity contribution in [3.05, 3.63) is 0 Å². The molecule has 98 valence electrons. The first-order valence-electron chi connectivity index (χ1n) is 6.20. The smallest absolute Gasteiger partial charge is 0.240 e. The molecule has 0 spiro atoms. The lowest BCUT2D eigenvalue weighted by atomic mass is 10.0. The van der Waals surface area contributed by atoms with Crippen LogP contribution in [-0.4, -0.2) is 47.1 Å². The van der Waals surface area contributed by atoms with Crippen molar-refractivity contribution in [1.82, 2.24) is 10.2 Å². The van der Waals surface area contributed by atoms with E-state index in [1.54, 1.807) is 11.8 Å². The number of rotatable bonds is 5. The molecule has 5 heteroatoms. The van der Waals surface area contributed by atoms with E-state index >= 15 is 0 Å². The Labute approximate surface area is 102 Å². The van der Waals surface area contributed by atoms with Crippen LogP contribution in [-0.2, 0) is 9.59 Å². The monoisotopic (exact) mass is 242 g/mol. The Balaban J connectivity index is 2.46. The number of amides is 2. The summed E-state index contributed by atoms with van der Waals surface area (Å²) in [6.45, 7) is 4.37. The number of hydrogen-bond acceptors (Lipinski definition) is 3. The van der Waals surface area contributed by atoms with E-state index in [1.165, 1.54) is 0 Å². The zero-order chi connectivity index (χ0) is 12.9. The summed E-state index contributed by atoms with van der Waals surface area (Å²) in [5.41, 5.74) is -0.587. The van der Waals surface area contributed by atoms with E-state index in [2.05, 4.69) is 5.32 Å². The molecule has 17 heavy (non-hydrogen) atoms. The van der Waals surface area contributed by atoms with Gasteiger partial charge < -0.3 is 15.3 Å². The first kappa shape index (κ1) is 14.0. The van der Waals surface area contributed by atoms with Crippen molar-refractivity contribution < 1.29 is 14.7 Å². The molecule has 0 radical (unpaired) electrons. The van der Waals surface area contributed by atoms with Crippen molar-refractivity contribution in [1.29, 1.82) is 0 Å². The van der Waals surface area contributed by atoms with Gasteiger partial charge in [-0.1, -0.05) is 6.92 Å². The van der Waals surface area contributed by atoms with Crippen molar-refractivity contribution in [3.63, 3.8) is 0 Å². The number of carbonyl (C=O) groups excluding carboxylic acids is 2. The maximum absolute atomic E-state index is 11.8.